The molecule has 0 bridgehead atoms. The molecule has 0 aliphatic heterocycles. The zero-order valence-corrected chi connectivity index (χ0v) is 48.9. The molecule has 1 atom stereocenters. The fourth-order valence-corrected chi connectivity index (χ4v) is 9.56. The van der Waals surface area contributed by atoms with Crippen molar-refractivity contribution >= 4 is 17.9 Å². The van der Waals surface area contributed by atoms with Gasteiger partial charge in [0.25, 0.3) is 0 Å². The molecule has 0 aromatic rings. The van der Waals surface area contributed by atoms with Crippen molar-refractivity contribution in [3.63, 3.8) is 0 Å². The van der Waals surface area contributed by atoms with Gasteiger partial charge in [-0.05, 0) is 57.8 Å². The van der Waals surface area contributed by atoms with Crippen molar-refractivity contribution in [1.82, 2.24) is 0 Å². The minimum absolute atomic E-state index is 0.0783. The van der Waals surface area contributed by atoms with Gasteiger partial charge in [-0.15, -0.1) is 0 Å². The van der Waals surface area contributed by atoms with E-state index >= 15 is 0 Å². The molecule has 73 heavy (non-hydrogen) atoms. The van der Waals surface area contributed by atoms with E-state index < -0.39 is 6.10 Å². The Hall–Kier alpha value is -2.63. The molecule has 6 heteroatoms. The number of hydrogen-bond acceptors (Lipinski definition) is 6. The van der Waals surface area contributed by atoms with Crippen molar-refractivity contribution < 1.29 is 28.6 Å². The lowest BCUT2D eigenvalue weighted by Gasteiger charge is -2.18. The van der Waals surface area contributed by atoms with Gasteiger partial charge in [-0.25, -0.2) is 0 Å². The van der Waals surface area contributed by atoms with Crippen molar-refractivity contribution in [1.29, 1.82) is 0 Å². The first kappa shape index (κ1) is 70.4. The van der Waals surface area contributed by atoms with E-state index in [2.05, 4.69) is 69.4 Å². The highest BCUT2D eigenvalue weighted by Gasteiger charge is 2.19. The maximum atomic E-state index is 12.9. The predicted octanol–water partition coefficient (Wildman–Crippen LogP) is 21.8. The second-order valence-electron chi connectivity index (χ2n) is 21.7. The van der Waals surface area contributed by atoms with Gasteiger partial charge in [-0.1, -0.05) is 313 Å². The molecule has 0 aromatic carbocycles. The lowest BCUT2D eigenvalue weighted by atomic mass is 10.0. The average molecular weight is 1020 g/mol. The standard InChI is InChI=1S/C67H122O6/c1-4-7-10-13-16-19-22-25-28-31-32-33-34-35-37-39-42-45-48-51-54-57-60-66(69)72-63-64(62-71-65(68)59-56-53-50-47-44-41-38-30-27-24-21-18-15-12-9-6-3)73-67(70)61-58-55-52-49-46-43-40-36-29-26-23-20-17-14-11-8-5-2/h8,11,17,20,26,29,40,43,64H,4-7,9-10,12-16,18-19,21-25,27-28,30-39,41-42,44-63H2,1-3H3/b11-8-,20-17-,29-26-,43-40-. The summed E-state index contributed by atoms with van der Waals surface area (Å²) in [5.74, 6) is -0.879. The molecule has 0 saturated heterocycles. The van der Waals surface area contributed by atoms with Crippen LogP contribution in [0.5, 0.6) is 0 Å². The molecular weight excluding hydrogens is 901 g/mol. The first-order valence-electron chi connectivity index (χ1n) is 32.1. The van der Waals surface area contributed by atoms with E-state index in [9.17, 15) is 14.4 Å². The third-order valence-corrected chi connectivity index (χ3v) is 14.3. The van der Waals surface area contributed by atoms with E-state index in [1.807, 2.05) is 0 Å². The van der Waals surface area contributed by atoms with E-state index in [1.165, 1.54) is 205 Å². The van der Waals surface area contributed by atoms with Crippen LogP contribution in [0.2, 0.25) is 0 Å². The molecule has 0 aliphatic carbocycles. The zero-order valence-electron chi connectivity index (χ0n) is 48.9. The Balaban J connectivity index is 4.33. The molecule has 0 spiro atoms. The molecule has 0 aromatic heterocycles. The fourth-order valence-electron chi connectivity index (χ4n) is 9.56. The summed E-state index contributed by atoms with van der Waals surface area (Å²) in [5.41, 5.74) is 0. The van der Waals surface area contributed by atoms with E-state index in [0.717, 1.165) is 96.3 Å². The number of esters is 3. The van der Waals surface area contributed by atoms with Crippen molar-refractivity contribution in [2.75, 3.05) is 13.2 Å². The Kier molecular flexibility index (Phi) is 59.7. The number of rotatable bonds is 59. The summed E-state index contributed by atoms with van der Waals surface area (Å²) in [7, 11) is 0. The monoisotopic (exact) mass is 1020 g/mol. The van der Waals surface area contributed by atoms with Gasteiger partial charge < -0.3 is 14.2 Å². The van der Waals surface area contributed by atoms with Crippen molar-refractivity contribution in [3.05, 3.63) is 48.6 Å². The van der Waals surface area contributed by atoms with Crippen LogP contribution >= 0.6 is 0 Å². The number of hydrogen-bond donors (Lipinski definition) is 0. The fraction of sp³-hybridized carbons (Fsp3) is 0.836. The molecule has 0 rings (SSSR count). The predicted molar refractivity (Wildman–Crippen MR) is 316 cm³/mol. The van der Waals surface area contributed by atoms with Gasteiger partial charge >= 0.3 is 17.9 Å². The van der Waals surface area contributed by atoms with Crippen molar-refractivity contribution in [3.8, 4) is 0 Å². The summed E-state index contributed by atoms with van der Waals surface area (Å²) >= 11 is 0. The van der Waals surface area contributed by atoms with Crippen LogP contribution < -0.4 is 0 Å². The van der Waals surface area contributed by atoms with Crippen LogP contribution in [0.4, 0.5) is 0 Å². The molecule has 0 amide bonds. The third-order valence-electron chi connectivity index (χ3n) is 14.3. The minimum atomic E-state index is -0.783. The summed E-state index contributed by atoms with van der Waals surface area (Å²) < 4.78 is 16.9. The summed E-state index contributed by atoms with van der Waals surface area (Å²) in [6.07, 6.45) is 76.9. The van der Waals surface area contributed by atoms with E-state index in [4.69, 9.17) is 14.2 Å². The highest BCUT2D eigenvalue weighted by Crippen LogP contribution is 2.18. The normalized spacial score (nSPS) is 12.3. The van der Waals surface area contributed by atoms with Crippen molar-refractivity contribution in [2.45, 2.75) is 348 Å². The van der Waals surface area contributed by atoms with Gasteiger partial charge in [0.1, 0.15) is 13.2 Å². The lowest BCUT2D eigenvalue weighted by Crippen LogP contribution is -2.30. The maximum Gasteiger partial charge on any atom is 0.306 e. The largest absolute Gasteiger partial charge is 0.462 e. The molecule has 0 fully saturated rings. The zero-order chi connectivity index (χ0) is 52.9. The topological polar surface area (TPSA) is 78.9 Å². The summed E-state index contributed by atoms with van der Waals surface area (Å²) in [4.78, 5) is 38.3. The Morgan fingerprint density at radius 1 is 0.288 bits per heavy atom. The van der Waals surface area contributed by atoms with E-state index in [1.54, 1.807) is 0 Å². The van der Waals surface area contributed by atoms with Gasteiger partial charge in [0.15, 0.2) is 6.10 Å². The van der Waals surface area contributed by atoms with Crippen LogP contribution in [-0.2, 0) is 28.6 Å². The lowest BCUT2D eigenvalue weighted by molar-refractivity contribution is -0.167. The molecular formula is C67H122O6. The van der Waals surface area contributed by atoms with Crippen LogP contribution in [0.1, 0.15) is 342 Å². The molecule has 426 valence electrons. The summed E-state index contributed by atoms with van der Waals surface area (Å²) in [6, 6.07) is 0. The van der Waals surface area contributed by atoms with Crippen LogP contribution in [-0.4, -0.2) is 37.2 Å². The Morgan fingerprint density at radius 3 is 0.836 bits per heavy atom. The molecule has 0 radical (unpaired) electrons. The molecule has 6 nitrogen and oxygen atoms in total. The molecule has 1 unspecified atom stereocenters. The van der Waals surface area contributed by atoms with Crippen LogP contribution in [0.3, 0.4) is 0 Å². The Morgan fingerprint density at radius 2 is 0.534 bits per heavy atom. The molecule has 0 N–H and O–H groups in total. The number of carbonyl (C=O) groups is 3. The highest BCUT2D eigenvalue weighted by molar-refractivity contribution is 5.71. The van der Waals surface area contributed by atoms with Gasteiger partial charge in [0, 0.05) is 19.3 Å². The quantitative estimate of drug-likeness (QED) is 0.0261. The average Bonchev–Trinajstić information content (AvgIpc) is 3.39. The second-order valence-corrected chi connectivity index (χ2v) is 21.7. The van der Waals surface area contributed by atoms with E-state index in [0.29, 0.717) is 19.3 Å². The molecule has 0 aliphatic rings. The molecule has 0 saturated carbocycles. The van der Waals surface area contributed by atoms with Crippen molar-refractivity contribution in [2.24, 2.45) is 0 Å². The number of allylic oxidation sites excluding steroid dienone is 8. The molecule has 0 heterocycles. The van der Waals surface area contributed by atoms with Gasteiger partial charge in [0.05, 0.1) is 0 Å². The van der Waals surface area contributed by atoms with Gasteiger partial charge in [0.2, 0.25) is 0 Å². The highest BCUT2D eigenvalue weighted by atomic mass is 16.6. The second kappa shape index (κ2) is 61.9. The Bertz CT molecular complexity index is 1270. The third kappa shape index (κ3) is 60.1. The van der Waals surface area contributed by atoms with Crippen LogP contribution in [0.25, 0.3) is 0 Å². The van der Waals surface area contributed by atoms with E-state index in [-0.39, 0.29) is 31.1 Å². The van der Waals surface area contributed by atoms with Crippen LogP contribution in [0.15, 0.2) is 48.6 Å². The summed E-state index contributed by atoms with van der Waals surface area (Å²) in [6.45, 7) is 6.57. The maximum absolute atomic E-state index is 12.9. The van der Waals surface area contributed by atoms with Gasteiger partial charge in [-0.3, -0.25) is 14.4 Å². The minimum Gasteiger partial charge on any atom is -0.462 e. The van der Waals surface area contributed by atoms with Gasteiger partial charge in [-0.2, -0.15) is 0 Å². The van der Waals surface area contributed by atoms with Crippen LogP contribution in [0, 0.1) is 0 Å². The summed E-state index contributed by atoms with van der Waals surface area (Å²) in [5, 5.41) is 0. The number of ether oxygens (including phenoxy) is 3. The Labute approximate surface area is 454 Å². The first-order chi connectivity index (χ1) is 36.0. The smallest absolute Gasteiger partial charge is 0.306 e. The number of unbranched alkanes of at least 4 members (excludes halogenated alkanes) is 40. The SMILES string of the molecule is CC/C=C\C/C=C\C/C=C\C/C=C\CCCCCCC(=O)OC(COC(=O)CCCCCCCCCCCCCCCCCC)COC(=O)CCCCCCCCCCCCCCCCCCCCCCCC. The first-order valence-corrected chi connectivity index (χ1v) is 32.1. The number of carbonyl (C=O) groups excluding carboxylic acids is 3.